The molecule has 0 unspecified atom stereocenters. The Morgan fingerprint density at radius 3 is 2.14 bits per heavy atom. The van der Waals surface area contributed by atoms with E-state index in [9.17, 15) is 36.3 Å². The predicted octanol–water partition coefficient (Wildman–Crippen LogP) is 8.11. The van der Waals surface area contributed by atoms with E-state index in [0.29, 0.717) is 44.7 Å². The number of hydrazone groups is 1. The molecule has 3 aliphatic heterocycles. The molecule has 9 nitrogen and oxygen atoms in total. The highest BCUT2D eigenvalue weighted by atomic mass is 35.5. The maximum Gasteiger partial charge on any atom is 0.264 e. The van der Waals surface area contributed by atoms with Crippen molar-refractivity contribution in [2.45, 2.75) is 37.4 Å². The van der Waals surface area contributed by atoms with Crippen molar-refractivity contribution in [3.05, 3.63) is 102 Å². The first-order valence-corrected chi connectivity index (χ1v) is 16.4. The van der Waals surface area contributed by atoms with Crippen LogP contribution in [0.25, 0.3) is 6.08 Å². The second-order valence-corrected chi connectivity index (χ2v) is 13.5. The number of hydrogen-bond acceptors (Lipinski definition) is 7. The highest BCUT2D eigenvalue weighted by Crippen LogP contribution is 2.47. The topological polar surface area (TPSA) is 98.0 Å². The molecule has 1 saturated carbocycles. The SMILES string of the molecule is O=C1[C@@H]2[C@@H](N=NN2CC(=O)N2N=C3/C(=C/c4ccc(Cl)cc4Cl)CCC[C@@H]3[C@H]2c2ccc(Cl)cc2Cl)C(=O)N1c1c(F)c(F)c(F)c(F)c1F. The maximum atomic E-state index is 14.7. The molecule has 0 spiro atoms. The van der Waals surface area contributed by atoms with Crippen LogP contribution in [-0.4, -0.2) is 52.1 Å². The second-order valence-electron chi connectivity index (χ2n) is 11.8. The van der Waals surface area contributed by atoms with Crippen LogP contribution in [0.2, 0.25) is 20.1 Å². The lowest BCUT2D eigenvalue weighted by atomic mass is 9.77. The molecule has 50 heavy (non-hydrogen) atoms. The lowest BCUT2D eigenvalue weighted by molar-refractivity contribution is -0.136. The standard InChI is InChI=1S/C32H19Cl4F5N6O3/c33-14-5-4-12(18(35)9-14)8-13-2-1-3-17-26(13)43-47(28(17)16-7-6-15(34)10-19(16)36)20(48)11-45-30-27(42-44-45)31(49)46(32(30)50)29-24(40)22(38)21(37)23(39)25(29)41/h4-10,17,27-28,30H,1-3,11H2/b13-8+/t17-,27+,28+,30-/m0/s1. The Labute approximate surface area is 299 Å². The van der Waals surface area contributed by atoms with E-state index in [1.807, 2.05) is 6.08 Å². The Balaban J connectivity index is 1.23. The van der Waals surface area contributed by atoms with Crippen molar-refractivity contribution < 1.29 is 36.3 Å². The zero-order valence-electron chi connectivity index (χ0n) is 25.0. The van der Waals surface area contributed by atoms with Gasteiger partial charge in [0.25, 0.3) is 17.7 Å². The predicted molar refractivity (Wildman–Crippen MR) is 173 cm³/mol. The lowest BCUT2D eigenvalue weighted by Gasteiger charge is -2.31. The molecule has 3 aromatic rings. The maximum absolute atomic E-state index is 14.7. The van der Waals surface area contributed by atoms with Gasteiger partial charge in [-0.25, -0.2) is 31.9 Å². The monoisotopic (exact) mass is 770 g/mol. The molecule has 0 N–H and O–H groups in total. The molecule has 0 bridgehead atoms. The van der Waals surface area contributed by atoms with Gasteiger partial charge >= 0.3 is 0 Å². The van der Waals surface area contributed by atoms with E-state index >= 15 is 0 Å². The van der Waals surface area contributed by atoms with Gasteiger partial charge in [-0.05, 0) is 66.3 Å². The van der Waals surface area contributed by atoms with E-state index in [2.05, 4.69) is 10.3 Å². The van der Waals surface area contributed by atoms with Crippen molar-refractivity contribution in [1.29, 1.82) is 0 Å². The highest BCUT2D eigenvalue weighted by Gasteiger charge is 2.57. The minimum atomic E-state index is -2.47. The molecular weight excluding hydrogens is 753 g/mol. The first-order valence-electron chi connectivity index (χ1n) is 14.9. The summed E-state index contributed by atoms with van der Waals surface area (Å²) >= 11 is 25.3. The number of hydrogen-bond donors (Lipinski definition) is 0. The van der Waals surface area contributed by atoms with E-state index in [0.717, 1.165) is 17.0 Å². The number of anilines is 1. The summed E-state index contributed by atoms with van der Waals surface area (Å²) in [6.07, 6.45) is 3.79. The first-order chi connectivity index (χ1) is 23.8. The van der Waals surface area contributed by atoms with Gasteiger partial charge in [-0.2, -0.15) is 10.2 Å². The number of allylic oxidation sites excluding steroid dienone is 1. The van der Waals surface area contributed by atoms with E-state index in [4.69, 9.17) is 51.5 Å². The zero-order valence-corrected chi connectivity index (χ0v) is 28.0. The Hall–Kier alpha value is -4.11. The van der Waals surface area contributed by atoms with Crippen molar-refractivity contribution >= 4 is 81.6 Å². The van der Waals surface area contributed by atoms with Crippen molar-refractivity contribution in [3.8, 4) is 0 Å². The molecule has 4 atom stereocenters. The van der Waals surface area contributed by atoms with Gasteiger partial charge in [0.2, 0.25) is 5.82 Å². The van der Waals surface area contributed by atoms with Gasteiger partial charge in [-0.15, -0.1) is 0 Å². The van der Waals surface area contributed by atoms with Crippen LogP contribution < -0.4 is 4.90 Å². The van der Waals surface area contributed by atoms with E-state index < -0.39 is 77.2 Å². The summed E-state index contributed by atoms with van der Waals surface area (Å²) in [7, 11) is 0. The van der Waals surface area contributed by atoms with Crippen molar-refractivity contribution in [1.82, 2.24) is 10.0 Å². The molecule has 3 amide bonds. The first kappa shape index (κ1) is 34.3. The molecule has 4 aliphatic rings. The summed E-state index contributed by atoms with van der Waals surface area (Å²) < 4.78 is 71.0. The molecule has 3 aromatic carbocycles. The second kappa shape index (κ2) is 12.9. The largest absolute Gasteiger partial charge is 0.271 e. The van der Waals surface area contributed by atoms with Gasteiger partial charge < -0.3 is 0 Å². The molecule has 1 aliphatic carbocycles. The van der Waals surface area contributed by atoms with Gasteiger partial charge in [-0.3, -0.25) is 19.4 Å². The number of benzene rings is 3. The summed E-state index contributed by atoms with van der Waals surface area (Å²) in [5.74, 6) is -15.8. The Morgan fingerprint density at radius 1 is 0.840 bits per heavy atom. The fourth-order valence-electron chi connectivity index (χ4n) is 6.64. The zero-order chi connectivity index (χ0) is 35.8. The Morgan fingerprint density at radius 2 is 1.48 bits per heavy atom. The molecule has 18 heteroatoms. The normalized spacial score (nSPS) is 23.7. The fraction of sp³-hybridized carbons (Fsp3) is 0.250. The van der Waals surface area contributed by atoms with Crippen LogP contribution in [0.5, 0.6) is 0 Å². The molecule has 1 saturated heterocycles. The van der Waals surface area contributed by atoms with Crippen LogP contribution in [-0.2, 0) is 14.4 Å². The third kappa shape index (κ3) is 5.52. The van der Waals surface area contributed by atoms with Crippen LogP contribution in [0.3, 0.4) is 0 Å². The lowest BCUT2D eigenvalue weighted by Crippen LogP contribution is -2.45. The number of rotatable bonds is 5. The molecule has 3 heterocycles. The molecule has 2 fully saturated rings. The Kier molecular flexibility index (Phi) is 8.86. The third-order valence-corrected chi connectivity index (χ3v) is 10.0. The average Bonchev–Trinajstić information content (AvgIpc) is 3.74. The molecule has 258 valence electrons. The number of carbonyl (C=O) groups excluding carboxylic acids is 3. The average molecular weight is 772 g/mol. The van der Waals surface area contributed by atoms with Crippen molar-refractivity contribution in [2.75, 3.05) is 11.4 Å². The number of fused-ring (bicyclic) bond motifs is 2. The van der Waals surface area contributed by atoms with Crippen LogP contribution in [0.1, 0.15) is 36.4 Å². The van der Waals surface area contributed by atoms with E-state index in [1.54, 1.807) is 30.3 Å². The Bertz CT molecular complexity index is 2090. The summed E-state index contributed by atoms with van der Waals surface area (Å²) in [4.78, 5) is 40.4. The summed E-state index contributed by atoms with van der Waals surface area (Å²) in [5, 5.41) is 15.6. The van der Waals surface area contributed by atoms with Gasteiger partial charge in [-0.1, -0.05) is 63.8 Å². The minimum Gasteiger partial charge on any atom is -0.271 e. The number of amides is 3. The number of carbonyl (C=O) groups is 3. The number of halogens is 9. The third-order valence-electron chi connectivity index (χ3n) is 8.90. The van der Waals surface area contributed by atoms with Gasteiger partial charge in [0, 0.05) is 26.0 Å². The van der Waals surface area contributed by atoms with Gasteiger partial charge in [0.15, 0.2) is 35.4 Å². The van der Waals surface area contributed by atoms with Crippen molar-refractivity contribution in [3.63, 3.8) is 0 Å². The molecule has 7 rings (SSSR count). The van der Waals surface area contributed by atoms with Crippen LogP contribution in [0, 0.1) is 35.0 Å². The highest BCUT2D eigenvalue weighted by molar-refractivity contribution is 6.36. The molecule has 0 aromatic heterocycles. The van der Waals surface area contributed by atoms with Gasteiger partial charge in [0.05, 0.1) is 11.8 Å². The summed E-state index contributed by atoms with van der Waals surface area (Å²) in [5.41, 5.74) is 0.819. The minimum absolute atomic E-state index is 0.166. The van der Waals surface area contributed by atoms with Crippen molar-refractivity contribution in [2.24, 2.45) is 21.4 Å². The fourth-order valence-corrected chi connectivity index (χ4v) is 7.62. The number of imide groups is 1. The van der Waals surface area contributed by atoms with Crippen LogP contribution >= 0.6 is 46.4 Å². The van der Waals surface area contributed by atoms with Crippen LogP contribution in [0.4, 0.5) is 27.6 Å². The summed E-state index contributed by atoms with van der Waals surface area (Å²) in [6, 6.07) is 5.60. The quantitative estimate of drug-likeness (QED) is 0.113. The van der Waals surface area contributed by atoms with E-state index in [1.165, 1.54) is 11.1 Å². The number of nitrogens with zero attached hydrogens (tertiary/aromatic N) is 6. The van der Waals surface area contributed by atoms with E-state index in [-0.39, 0.29) is 15.8 Å². The summed E-state index contributed by atoms with van der Waals surface area (Å²) in [6.45, 7) is -0.720. The van der Waals surface area contributed by atoms with Crippen LogP contribution in [0.15, 0.2) is 57.4 Å². The molecule has 0 radical (unpaired) electrons. The van der Waals surface area contributed by atoms with Gasteiger partial charge in [0.1, 0.15) is 12.2 Å². The smallest absolute Gasteiger partial charge is 0.264 e. The molecular formula is C32H19Cl4F5N6O3.